The first kappa shape index (κ1) is 11.4. The molecule has 0 radical (unpaired) electrons. The smallest absolute Gasteiger partial charge is 0.384 e. The minimum atomic E-state index is -4.63. The van der Waals surface area contributed by atoms with E-state index in [-0.39, 0.29) is 11.6 Å². The summed E-state index contributed by atoms with van der Waals surface area (Å²) in [5, 5.41) is 0. The maximum atomic E-state index is 12.5. The molecule has 8 heteroatoms. The van der Waals surface area contributed by atoms with Crippen LogP contribution in [0.1, 0.15) is 11.6 Å². The summed E-state index contributed by atoms with van der Waals surface area (Å²) in [6.45, 7) is 1.64. The van der Waals surface area contributed by atoms with E-state index < -0.39 is 12.0 Å². The molecular weight excluding hydrogens is 235 g/mol. The zero-order valence-electron chi connectivity index (χ0n) is 8.73. The van der Waals surface area contributed by atoms with Crippen molar-refractivity contribution in [2.24, 2.45) is 0 Å². The van der Waals surface area contributed by atoms with E-state index in [0.29, 0.717) is 5.82 Å². The molecule has 17 heavy (non-hydrogen) atoms. The number of nitrogen functional groups attached to an aromatic ring is 1. The van der Waals surface area contributed by atoms with Crippen molar-refractivity contribution in [1.29, 1.82) is 0 Å². The molecule has 0 bridgehead atoms. The third-order valence-electron chi connectivity index (χ3n) is 2.06. The number of nitrogens with two attached hydrogens (primary N) is 1. The van der Waals surface area contributed by atoms with Crippen LogP contribution in [0.2, 0.25) is 0 Å². The topological polar surface area (TPSA) is 69.6 Å². The summed E-state index contributed by atoms with van der Waals surface area (Å²) in [5.41, 5.74) is 5.33. The van der Waals surface area contributed by atoms with Crippen LogP contribution in [0, 0.1) is 6.92 Å². The molecule has 0 aromatic carbocycles. The summed E-state index contributed by atoms with van der Waals surface area (Å²) in [6.07, 6.45) is -1.67. The number of aryl methyl sites for hydroxylation is 1. The first-order valence-electron chi connectivity index (χ1n) is 4.60. The average molecular weight is 243 g/mol. The number of halogens is 3. The van der Waals surface area contributed by atoms with Gasteiger partial charge in [0.05, 0.1) is 0 Å². The summed E-state index contributed by atoms with van der Waals surface area (Å²) in [5.74, 6) is -0.952. The number of anilines is 1. The summed E-state index contributed by atoms with van der Waals surface area (Å²) in [7, 11) is 0. The van der Waals surface area contributed by atoms with Gasteiger partial charge in [-0.25, -0.2) is 15.0 Å². The van der Waals surface area contributed by atoms with E-state index >= 15 is 0 Å². The highest BCUT2D eigenvalue weighted by Crippen LogP contribution is 2.27. The number of hydrogen-bond acceptors (Lipinski definition) is 4. The first-order chi connectivity index (χ1) is 7.88. The van der Waals surface area contributed by atoms with Crippen molar-refractivity contribution in [3.63, 3.8) is 0 Å². The Bertz CT molecular complexity index is 546. The van der Waals surface area contributed by atoms with Gasteiger partial charge in [-0.15, -0.1) is 0 Å². The quantitative estimate of drug-likeness (QED) is 0.825. The molecule has 0 aliphatic carbocycles. The molecule has 2 aromatic heterocycles. The number of aromatic nitrogens is 4. The van der Waals surface area contributed by atoms with Crippen LogP contribution >= 0.6 is 0 Å². The van der Waals surface area contributed by atoms with Gasteiger partial charge in [0.2, 0.25) is 5.82 Å². The Morgan fingerprint density at radius 2 is 2.00 bits per heavy atom. The van der Waals surface area contributed by atoms with E-state index in [1.807, 2.05) is 0 Å². The van der Waals surface area contributed by atoms with Crippen molar-refractivity contribution in [3.05, 3.63) is 30.1 Å². The normalized spacial score (nSPS) is 11.8. The predicted molar refractivity (Wildman–Crippen MR) is 53.3 cm³/mol. The highest BCUT2D eigenvalue weighted by molar-refractivity contribution is 5.38. The average Bonchev–Trinajstić information content (AvgIpc) is 2.62. The van der Waals surface area contributed by atoms with Crippen LogP contribution in [0.15, 0.2) is 18.5 Å². The SMILES string of the molecule is Cc1nccn1-c1cc(N)nc(C(F)(F)F)n1. The van der Waals surface area contributed by atoms with Crippen molar-refractivity contribution in [2.75, 3.05) is 5.73 Å². The van der Waals surface area contributed by atoms with Crippen molar-refractivity contribution < 1.29 is 13.2 Å². The van der Waals surface area contributed by atoms with Gasteiger partial charge in [-0.3, -0.25) is 4.57 Å². The number of imidazole rings is 1. The molecule has 0 spiro atoms. The highest BCUT2D eigenvalue weighted by Gasteiger charge is 2.35. The van der Waals surface area contributed by atoms with Gasteiger partial charge < -0.3 is 5.73 Å². The fraction of sp³-hybridized carbons (Fsp3) is 0.222. The summed E-state index contributed by atoms with van der Waals surface area (Å²) in [6, 6.07) is 1.25. The van der Waals surface area contributed by atoms with Gasteiger partial charge in [-0.05, 0) is 6.92 Å². The summed E-state index contributed by atoms with van der Waals surface area (Å²) >= 11 is 0. The Labute approximate surface area is 94.1 Å². The van der Waals surface area contributed by atoms with E-state index in [4.69, 9.17) is 5.73 Å². The van der Waals surface area contributed by atoms with Gasteiger partial charge in [-0.1, -0.05) is 0 Å². The van der Waals surface area contributed by atoms with Crippen LogP contribution in [-0.2, 0) is 6.18 Å². The standard InChI is InChI=1S/C9H8F3N5/c1-5-14-2-3-17(5)7-4-6(13)15-8(16-7)9(10,11)12/h2-4H,1H3,(H2,13,15,16). The van der Waals surface area contributed by atoms with Crippen LogP contribution < -0.4 is 5.73 Å². The second-order valence-corrected chi connectivity index (χ2v) is 3.32. The number of hydrogen-bond donors (Lipinski definition) is 1. The Morgan fingerprint density at radius 3 is 2.53 bits per heavy atom. The van der Waals surface area contributed by atoms with Crippen LogP contribution in [0.3, 0.4) is 0 Å². The van der Waals surface area contributed by atoms with Gasteiger partial charge in [0.25, 0.3) is 0 Å². The molecule has 0 aliphatic rings. The maximum absolute atomic E-state index is 12.5. The van der Waals surface area contributed by atoms with E-state index in [1.54, 1.807) is 6.92 Å². The second-order valence-electron chi connectivity index (χ2n) is 3.32. The third-order valence-corrected chi connectivity index (χ3v) is 2.06. The summed E-state index contributed by atoms with van der Waals surface area (Å²) < 4.78 is 38.9. The summed E-state index contributed by atoms with van der Waals surface area (Å²) in [4.78, 5) is 10.5. The third kappa shape index (κ3) is 2.19. The minimum Gasteiger partial charge on any atom is -0.384 e. The van der Waals surface area contributed by atoms with Crippen LogP contribution in [-0.4, -0.2) is 19.5 Å². The van der Waals surface area contributed by atoms with E-state index in [2.05, 4.69) is 15.0 Å². The molecule has 2 heterocycles. The number of nitrogens with zero attached hydrogens (tertiary/aromatic N) is 4. The van der Waals surface area contributed by atoms with Crippen molar-refractivity contribution >= 4 is 5.82 Å². The lowest BCUT2D eigenvalue weighted by Crippen LogP contribution is -2.14. The fourth-order valence-corrected chi connectivity index (χ4v) is 1.32. The lowest BCUT2D eigenvalue weighted by atomic mass is 10.4. The Hall–Kier alpha value is -2.12. The Balaban J connectivity index is 2.57. The first-order valence-corrected chi connectivity index (χ1v) is 4.60. The lowest BCUT2D eigenvalue weighted by Gasteiger charge is -2.09. The van der Waals surface area contributed by atoms with Gasteiger partial charge >= 0.3 is 6.18 Å². The second kappa shape index (κ2) is 3.72. The van der Waals surface area contributed by atoms with Crippen LogP contribution in [0.25, 0.3) is 5.82 Å². The van der Waals surface area contributed by atoms with Gasteiger partial charge in [-0.2, -0.15) is 13.2 Å². The Kier molecular flexibility index (Phi) is 2.49. The molecule has 0 saturated heterocycles. The molecule has 0 amide bonds. The van der Waals surface area contributed by atoms with Crippen molar-refractivity contribution in [1.82, 2.24) is 19.5 Å². The van der Waals surface area contributed by atoms with E-state index in [1.165, 1.54) is 23.0 Å². The molecule has 2 N–H and O–H groups in total. The molecule has 2 aromatic rings. The molecule has 0 aliphatic heterocycles. The maximum Gasteiger partial charge on any atom is 0.451 e. The van der Waals surface area contributed by atoms with E-state index in [0.717, 1.165) is 0 Å². The molecule has 2 rings (SSSR count). The van der Waals surface area contributed by atoms with Crippen LogP contribution in [0.5, 0.6) is 0 Å². The van der Waals surface area contributed by atoms with E-state index in [9.17, 15) is 13.2 Å². The number of rotatable bonds is 1. The van der Waals surface area contributed by atoms with Gasteiger partial charge in [0, 0.05) is 18.5 Å². The zero-order chi connectivity index (χ0) is 12.6. The molecule has 0 unspecified atom stereocenters. The van der Waals surface area contributed by atoms with Crippen molar-refractivity contribution in [2.45, 2.75) is 13.1 Å². The zero-order valence-corrected chi connectivity index (χ0v) is 8.73. The lowest BCUT2D eigenvalue weighted by molar-refractivity contribution is -0.144. The highest BCUT2D eigenvalue weighted by atomic mass is 19.4. The largest absolute Gasteiger partial charge is 0.451 e. The Morgan fingerprint density at radius 1 is 1.29 bits per heavy atom. The molecule has 0 atom stereocenters. The van der Waals surface area contributed by atoms with Gasteiger partial charge in [0.15, 0.2) is 0 Å². The minimum absolute atomic E-state index is 0.0415. The monoisotopic (exact) mass is 243 g/mol. The van der Waals surface area contributed by atoms with Crippen molar-refractivity contribution in [3.8, 4) is 5.82 Å². The van der Waals surface area contributed by atoms with Gasteiger partial charge in [0.1, 0.15) is 17.5 Å². The molecule has 0 saturated carbocycles. The fourth-order valence-electron chi connectivity index (χ4n) is 1.32. The predicted octanol–water partition coefficient (Wildman–Crippen LogP) is 1.57. The molecule has 90 valence electrons. The number of alkyl halides is 3. The molecular formula is C9H8F3N5. The molecule has 0 fully saturated rings. The van der Waals surface area contributed by atoms with Crippen LogP contribution in [0.4, 0.5) is 19.0 Å². The molecule has 5 nitrogen and oxygen atoms in total.